The number of hydrogen-bond donors (Lipinski definition) is 0. The van der Waals surface area contributed by atoms with E-state index in [9.17, 15) is 8.78 Å². The van der Waals surface area contributed by atoms with E-state index in [1.807, 2.05) is 6.07 Å². The van der Waals surface area contributed by atoms with Gasteiger partial charge in [0.05, 0.1) is 4.47 Å². The third-order valence-corrected chi connectivity index (χ3v) is 4.66. The van der Waals surface area contributed by atoms with Gasteiger partial charge in [0.25, 0.3) is 0 Å². The van der Waals surface area contributed by atoms with Crippen molar-refractivity contribution in [2.45, 2.75) is 12.8 Å². The predicted octanol–water partition coefficient (Wildman–Crippen LogP) is 5.52. The average molecular weight is 404 g/mol. The highest BCUT2D eigenvalue weighted by Gasteiger charge is 2.11. The zero-order valence-corrected chi connectivity index (χ0v) is 13.9. The lowest BCUT2D eigenvalue weighted by atomic mass is 9.94. The lowest BCUT2D eigenvalue weighted by Gasteiger charge is -2.14. The first-order chi connectivity index (χ1) is 9.58. The Labute approximate surface area is 134 Å². The molecule has 20 heavy (non-hydrogen) atoms. The second-order valence-corrected chi connectivity index (χ2v) is 6.31. The molecule has 0 aliphatic heterocycles. The molecular formula is C16H14Br2F2. The molecule has 2 aromatic carbocycles. The number of benzene rings is 2. The van der Waals surface area contributed by atoms with Crippen LogP contribution in [0, 0.1) is 17.6 Å². The Morgan fingerprint density at radius 3 is 2.25 bits per heavy atom. The molecule has 1 atom stereocenters. The quantitative estimate of drug-likeness (QED) is 0.576. The minimum atomic E-state index is -0.255. The molecule has 0 saturated heterocycles. The SMILES string of the molecule is Fc1cccc(CC(CBr)Cc2ccc(F)c(Br)c2)c1. The number of rotatable bonds is 5. The maximum Gasteiger partial charge on any atom is 0.137 e. The van der Waals surface area contributed by atoms with Crippen molar-refractivity contribution in [3.63, 3.8) is 0 Å². The minimum absolute atomic E-state index is 0.208. The number of hydrogen-bond acceptors (Lipinski definition) is 0. The molecule has 0 N–H and O–H groups in total. The van der Waals surface area contributed by atoms with Crippen LogP contribution in [0.3, 0.4) is 0 Å². The van der Waals surface area contributed by atoms with Crippen LogP contribution < -0.4 is 0 Å². The van der Waals surface area contributed by atoms with Crippen LogP contribution in [0.5, 0.6) is 0 Å². The molecule has 2 aromatic rings. The summed E-state index contributed by atoms with van der Waals surface area (Å²) >= 11 is 6.70. The van der Waals surface area contributed by atoms with E-state index < -0.39 is 0 Å². The first-order valence-electron chi connectivity index (χ1n) is 6.33. The fourth-order valence-electron chi connectivity index (χ4n) is 2.18. The predicted molar refractivity (Wildman–Crippen MR) is 85.2 cm³/mol. The van der Waals surface area contributed by atoms with E-state index in [0.29, 0.717) is 10.4 Å². The molecule has 2 rings (SSSR count). The lowest BCUT2D eigenvalue weighted by Crippen LogP contribution is -2.10. The Hall–Kier alpha value is -0.740. The Morgan fingerprint density at radius 2 is 1.65 bits per heavy atom. The van der Waals surface area contributed by atoms with Gasteiger partial charge in [-0.2, -0.15) is 0 Å². The van der Waals surface area contributed by atoms with E-state index in [4.69, 9.17) is 0 Å². The van der Waals surface area contributed by atoms with Crippen molar-refractivity contribution in [2.75, 3.05) is 5.33 Å². The van der Waals surface area contributed by atoms with Gasteiger partial charge in [-0.25, -0.2) is 8.78 Å². The van der Waals surface area contributed by atoms with E-state index in [1.54, 1.807) is 24.3 Å². The molecule has 0 heterocycles. The van der Waals surface area contributed by atoms with Crippen molar-refractivity contribution < 1.29 is 8.78 Å². The largest absolute Gasteiger partial charge is 0.207 e. The van der Waals surface area contributed by atoms with Crippen LogP contribution in [0.1, 0.15) is 11.1 Å². The first-order valence-corrected chi connectivity index (χ1v) is 8.24. The van der Waals surface area contributed by atoms with Crippen LogP contribution in [0.25, 0.3) is 0 Å². The highest BCUT2D eigenvalue weighted by molar-refractivity contribution is 9.10. The molecule has 0 radical (unpaired) electrons. The summed E-state index contributed by atoms with van der Waals surface area (Å²) in [6.07, 6.45) is 1.61. The smallest absolute Gasteiger partial charge is 0.137 e. The van der Waals surface area contributed by atoms with Gasteiger partial charge in [0.1, 0.15) is 11.6 Å². The average Bonchev–Trinajstić information content (AvgIpc) is 2.42. The molecule has 0 aromatic heterocycles. The zero-order valence-electron chi connectivity index (χ0n) is 10.8. The highest BCUT2D eigenvalue weighted by atomic mass is 79.9. The van der Waals surface area contributed by atoms with Crippen LogP contribution in [0.15, 0.2) is 46.9 Å². The molecule has 0 aliphatic rings. The molecule has 0 aliphatic carbocycles. The van der Waals surface area contributed by atoms with E-state index in [0.717, 1.165) is 29.3 Å². The summed E-state index contributed by atoms with van der Waals surface area (Å²) in [6.45, 7) is 0. The molecule has 4 heteroatoms. The van der Waals surface area contributed by atoms with Gasteiger partial charge in [-0.1, -0.05) is 34.1 Å². The van der Waals surface area contributed by atoms with Crippen LogP contribution in [-0.2, 0) is 12.8 Å². The third-order valence-electron chi connectivity index (χ3n) is 3.14. The molecule has 0 spiro atoms. The van der Waals surface area contributed by atoms with Crippen molar-refractivity contribution in [1.82, 2.24) is 0 Å². The summed E-state index contributed by atoms with van der Waals surface area (Å²) < 4.78 is 26.9. The number of alkyl halides is 1. The lowest BCUT2D eigenvalue weighted by molar-refractivity contribution is 0.579. The third kappa shape index (κ3) is 4.38. The van der Waals surface area contributed by atoms with E-state index in [1.165, 1.54) is 12.1 Å². The molecule has 0 bridgehead atoms. The molecular weight excluding hydrogens is 390 g/mol. The second kappa shape index (κ2) is 7.32. The van der Waals surface area contributed by atoms with Gasteiger partial charge in [-0.3, -0.25) is 0 Å². The maximum absolute atomic E-state index is 13.2. The number of halogens is 4. The molecule has 0 saturated carbocycles. The fraction of sp³-hybridized carbons (Fsp3) is 0.250. The van der Waals surface area contributed by atoms with E-state index >= 15 is 0 Å². The Morgan fingerprint density at radius 1 is 0.950 bits per heavy atom. The summed E-state index contributed by atoms with van der Waals surface area (Å²) in [7, 11) is 0. The Bertz CT molecular complexity index is 584. The van der Waals surface area contributed by atoms with Crippen molar-refractivity contribution in [3.05, 3.63) is 69.7 Å². The van der Waals surface area contributed by atoms with Gasteiger partial charge in [-0.05, 0) is 70.1 Å². The summed E-state index contributed by atoms with van der Waals surface area (Å²) in [4.78, 5) is 0. The van der Waals surface area contributed by atoms with E-state index in [2.05, 4.69) is 31.9 Å². The summed E-state index contributed by atoms with van der Waals surface area (Å²) in [5.41, 5.74) is 2.05. The van der Waals surface area contributed by atoms with Crippen LogP contribution >= 0.6 is 31.9 Å². The Balaban J connectivity index is 2.07. The van der Waals surface area contributed by atoms with Crippen LogP contribution in [-0.4, -0.2) is 5.33 Å². The van der Waals surface area contributed by atoms with Gasteiger partial charge in [-0.15, -0.1) is 0 Å². The van der Waals surface area contributed by atoms with Crippen molar-refractivity contribution in [3.8, 4) is 0 Å². The summed E-state index contributed by atoms with van der Waals surface area (Å²) in [6, 6.07) is 11.7. The van der Waals surface area contributed by atoms with Crippen LogP contribution in [0.4, 0.5) is 8.78 Å². The fourth-order valence-corrected chi connectivity index (χ4v) is 3.06. The van der Waals surface area contributed by atoms with Gasteiger partial charge in [0, 0.05) is 5.33 Å². The maximum atomic E-state index is 13.2. The van der Waals surface area contributed by atoms with Crippen molar-refractivity contribution in [1.29, 1.82) is 0 Å². The molecule has 0 nitrogen and oxygen atoms in total. The van der Waals surface area contributed by atoms with Crippen LogP contribution in [0.2, 0.25) is 0 Å². The van der Waals surface area contributed by atoms with Gasteiger partial charge in [0.15, 0.2) is 0 Å². The van der Waals surface area contributed by atoms with Crippen molar-refractivity contribution >= 4 is 31.9 Å². The van der Waals surface area contributed by atoms with Gasteiger partial charge >= 0.3 is 0 Å². The molecule has 106 valence electrons. The summed E-state index contributed by atoms with van der Waals surface area (Å²) in [5.74, 6) is -0.121. The standard InChI is InChI=1S/C16H14Br2F2/c17-10-13(6-11-2-1-3-14(19)8-11)7-12-4-5-16(20)15(18)9-12/h1-5,8-9,13H,6-7,10H2. The van der Waals surface area contributed by atoms with Gasteiger partial charge in [0.2, 0.25) is 0 Å². The first kappa shape index (κ1) is 15.6. The highest BCUT2D eigenvalue weighted by Crippen LogP contribution is 2.22. The zero-order chi connectivity index (χ0) is 14.5. The minimum Gasteiger partial charge on any atom is -0.207 e. The normalized spacial score (nSPS) is 12.4. The molecule has 1 unspecified atom stereocenters. The Kier molecular flexibility index (Phi) is 5.73. The van der Waals surface area contributed by atoms with Gasteiger partial charge < -0.3 is 0 Å². The monoisotopic (exact) mass is 402 g/mol. The molecule has 0 fully saturated rings. The topological polar surface area (TPSA) is 0 Å². The van der Waals surface area contributed by atoms with Crippen molar-refractivity contribution in [2.24, 2.45) is 5.92 Å². The second-order valence-electron chi connectivity index (χ2n) is 4.81. The van der Waals surface area contributed by atoms with E-state index in [-0.39, 0.29) is 11.6 Å². The molecule has 0 amide bonds. The summed E-state index contributed by atoms with van der Waals surface area (Å²) in [5, 5.41) is 0.818.